The van der Waals surface area contributed by atoms with Crippen LogP contribution in [0.25, 0.3) is 11.6 Å². The monoisotopic (exact) mass is 316 g/mol. The van der Waals surface area contributed by atoms with Crippen LogP contribution in [-0.2, 0) is 6.42 Å². The van der Waals surface area contributed by atoms with Gasteiger partial charge in [0.2, 0.25) is 0 Å². The number of hydrogen-bond donors (Lipinski definition) is 2. The zero-order valence-corrected chi connectivity index (χ0v) is 12.9. The summed E-state index contributed by atoms with van der Waals surface area (Å²) < 4.78 is 16.3. The fraction of sp³-hybridized carbons (Fsp3) is 0.500. The standard InChI is InChI=1S/C18H21FN2O2/c19-14-3-1-2-13-16-9-20-10-21(16)15(18(13)14)8-17(23)11-4-6-12(22)7-5-11/h1-3,9-12,14,17,22-23H,4-8H2/t11?,12?,14-,17-/m0/s1. The molecule has 2 aromatic rings. The molecule has 1 fully saturated rings. The zero-order chi connectivity index (χ0) is 16.0. The number of aliphatic hydroxyl groups excluding tert-OH is 2. The molecule has 23 heavy (non-hydrogen) atoms. The molecular weight excluding hydrogens is 295 g/mol. The Kier molecular flexibility index (Phi) is 3.70. The quantitative estimate of drug-likeness (QED) is 0.909. The van der Waals surface area contributed by atoms with Gasteiger partial charge < -0.3 is 14.6 Å². The van der Waals surface area contributed by atoms with Crippen molar-refractivity contribution in [3.05, 3.63) is 41.2 Å². The second-order valence-corrected chi connectivity index (χ2v) is 6.72. The lowest BCUT2D eigenvalue weighted by Crippen LogP contribution is -2.30. The highest BCUT2D eigenvalue weighted by molar-refractivity contribution is 5.63. The number of allylic oxidation sites excluding steroid dienone is 2. The molecule has 2 atom stereocenters. The Bertz CT molecular complexity index is 790. The third-order valence-electron chi connectivity index (χ3n) is 5.31. The van der Waals surface area contributed by atoms with Gasteiger partial charge in [-0.05, 0) is 37.7 Å². The van der Waals surface area contributed by atoms with E-state index in [0.29, 0.717) is 12.0 Å². The Morgan fingerprint density at radius 1 is 1.30 bits per heavy atom. The summed E-state index contributed by atoms with van der Waals surface area (Å²) in [6.45, 7) is 0. The first-order valence-electron chi connectivity index (χ1n) is 8.30. The molecule has 2 aliphatic carbocycles. The molecule has 5 heteroatoms. The summed E-state index contributed by atoms with van der Waals surface area (Å²) in [6, 6.07) is 0. The minimum absolute atomic E-state index is 0.170. The average molecular weight is 316 g/mol. The molecule has 2 aromatic heterocycles. The summed E-state index contributed by atoms with van der Waals surface area (Å²) in [5, 5.41) is 21.1. The van der Waals surface area contributed by atoms with Crippen LogP contribution in [0.15, 0.2) is 24.7 Å². The lowest BCUT2D eigenvalue weighted by atomic mass is 9.82. The summed E-state index contributed by atoms with van der Waals surface area (Å²) in [7, 11) is 0. The summed E-state index contributed by atoms with van der Waals surface area (Å²) in [5.74, 6) is 0.170. The van der Waals surface area contributed by atoms with Crippen molar-refractivity contribution in [1.29, 1.82) is 0 Å². The number of alkyl halides is 1. The maximum Gasteiger partial charge on any atom is 0.146 e. The van der Waals surface area contributed by atoms with E-state index in [9.17, 15) is 14.6 Å². The van der Waals surface area contributed by atoms with E-state index in [1.165, 1.54) is 0 Å². The second-order valence-electron chi connectivity index (χ2n) is 6.72. The molecule has 2 heterocycles. The van der Waals surface area contributed by atoms with Gasteiger partial charge >= 0.3 is 0 Å². The summed E-state index contributed by atoms with van der Waals surface area (Å²) in [5.41, 5.74) is 2.38. The number of rotatable bonds is 3. The first-order chi connectivity index (χ1) is 11.1. The third kappa shape index (κ3) is 2.48. The molecule has 0 radical (unpaired) electrons. The average Bonchev–Trinajstić information content (AvgIpc) is 3.12. The highest BCUT2D eigenvalue weighted by Crippen LogP contribution is 2.31. The van der Waals surface area contributed by atoms with E-state index < -0.39 is 12.3 Å². The molecule has 0 aromatic carbocycles. The number of nitrogens with zero attached hydrogens (tertiary/aromatic N) is 2. The lowest BCUT2D eigenvalue weighted by molar-refractivity contribution is 0.0416. The van der Waals surface area contributed by atoms with Crippen LogP contribution < -0.4 is 5.22 Å². The third-order valence-corrected chi connectivity index (χ3v) is 5.31. The van der Waals surface area contributed by atoms with E-state index >= 15 is 0 Å². The number of hydrogen-bond acceptors (Lipinski definition) is 3. The van der Waals surface area contributed by atoms with Gasteiger partial charge in [-0.15, -0.1) is 0 Å². The number of imidazole rings is 1. The zero-order valence-electron chi connectivity index (χ0n) is 12.9. The van der Waals surface area contributed by atoms with Gasteiger partial charge in [0, 0.05) is 22.9 Å². The summed E-state index contributed by atoms with van der Waals surface area (Å²) >= 11 is 0. The lowest BCUT2D eigenvalue weighted by Gasteiger charge is -2.29. The van der Waals surface area contributed by atoms with Crippen molar-refractivity contribution in [3.8, 4) is 0 Å². The van der Waals surface area contributed by atoms with Crippen LogP contribution in [0.5, 0.6) is 0 Å². The Morgan fingerprint density at radius 2 is 2.09 bits per heavy atom. The summed E-state index contributed by atoms with van der Waals surface area (Å²) in [4.78, 5) is 4.17. The smallest absolute Gasteiger partial charge is 0.146 e. The van der Waals surface area contributed by atoms with Crippen molar-refractivity contribution in [2.75, 3.05) is 0 Å². The molecule has 4 rings (SSSR count). The Labute approximate surface area is 134 Å². The van der Waals surface area contributed by atoms with Crippen LogP contribution in [0.1, 0.15) is 43.1 Å². The van der Waals surface area contributed by atoms with Crippen LogP contribution in [-0.4, -0.2) is 31.8 Å². The molecule has 122 valence electrons. The minimum atomic E-state index is -1.13. The Morgan fingerprint density at radius 3 is 2.87 bits per heavy atom. The summed E-state index contributed by atoms with van der Waals surface area (Å²) in [6.07, 6.45) is 10.3. The van der Waals surface area contributed by atoms with Gasteiger partial charge in [0.1, 0.15) is 6.17 Å². The Balaban J connectivity index is 1.67. The predicted octanol–water partition coefficient (Wildman–Crippen LogP) is 1.87. The minimum Gasteiger partial charge on any atom is -0.393 e. The number of aliphatic hydroxyl groups is 2. The van der Waals surface area contributed by atoms with Gasteiger partial charge in [-0.2, -0.15) is 0 Å². The van der Waals surface area contributed by atoms with Crippen LogP contribution in [0, 0.1) is 5.92 Å². The van der Waals surface area contributed by atoms with E-state index in [1.54, 1.807) is 24.7 Å². The number of aromatic nitrogens is 2. The molecule has 1 saturated carbocycles. The van der Waals surface area contributed by atoms with E-state index in [-0.39, 0.29) is 12.0 Å². The van der Waals surface area contributed by atoms with E-state index in [1.807, 2.05) is 10.5 Å². The highest BCUT2D eigenvalue weighted by Gasteiger charge is 2.29. The number of fused-ring (bicyclic) bond motifs is 3. The van der Waals surface area contributed by atoms with E-state index in [4.69, 9.17) is 0 Å². The molecule has 4 nitrogen and oxygen atoms in total. The fourth-order valence-corrected chi connectivity index (χ4v) is 4.02. The molecule has 0 aliphatic heterocycles. The fourth-order valence-electron chi connectivity index (χ4n) is 4.02. The van der Waals surface area contributed by atoms with Crippen LogP contribution >= 0.6 is 0 Å². The molecule has 0 spiro atoms. The first kappa shape index (κ1) is 14.8. The van der Waals surface area contributed by atoms with Crippen molar-refractivity contribution >= 4 is 11.6 Å². The molecule has 0 saturated heterocycles. The maximum absolute atomic E-state index is 14.4. The largest absolute Gasteiger partial charge is 0.393 e. The normalized spacial score (nSPS) is 28.6. The van der Waals surface area contributed by atoms with Gasteiger partial charge in [-0.25, -0.2) is 9.37 Å². The van der Waals surface area contributed by atoms with E-state index in [2.05, 4.69) is 4.98 Å². The second kappa shape index (κ2) is 5.73. The van der Waals surface area contributed by atoms with Gasteiger partial charge in [-0.3, -0.25) is 0 Å². The van der Waals surface area contributed by atoms with Crippen molar-refractivity contribution in [2.24, 2.45) is 5.92 Å². The molecule has 2 aliphatic rings. The topological polar surface area (TPSA) is 57.8 Å². The highest BCUT2D eigenvalue weighted by atomic mass is 19.1. The van der Waals surface area contributed by atoms with Crippen molar-refractivity contribution in [1.82, 2.24) is 9.38 Å². The van der Waals surface area contributed by atoms with Gasteiger partial charge in [-0.1, -0.05) is 12.2 Å². The molecule has 0 bridgehead atoms. The first-order valence-corrected chi connectivity index (χ1v) is 8.30. The van der Waals surface area contributed by atoms with Crippen molar-refractivity contribution in [2.45, 2.75) is 50.5 Å². The predicted molar refractivity (Wildman–Crippen MR) is 85.5 cm³/mol. The van der Waals surface area contributed by atoms with Crippen molar-refractivity contribution < 1.29 is 14.6 Å². The molecule has 0 unspecified atom stereocenters. The molecular formula is C18H21FN2O2. The SMILES string of the molecule is OC1CCC([C@@H](O)Cc2c3c(c4cncn24)=CC=C[C@@H]3F)CC1. The van der Waals surface area contributed by atoms with E-state index in [0.717, 1.165) is 42.1 Å². The van der Waals surface area contributed by atoms with Gasteiger partial charge in [0.05, 0.1) is 30.2 Å². The Hall–Kier alpha value is -1.72. The molecule has 2 N–H and O–H groups in total. The van der Waals surface area contributed by atoms with Crippen LogP contribution in [0.4, 0.5) is 4.39 Å². The van der Waals surface area contributed by atoms with Gasteiger partial charge in [0.15, 0.2) is 0 Å². The van der Waals surface area contributed by atoms with Gasteiger partial charge in [0.25, 0.3) is 0 Å². The van der Waals surface area contributed by atoms with Crippen molar-refractivity contribution in [3.63, 3.8) is 0 Å². The maximum atomic E-state index is 14.4. The van der Waals surface area contributed by atoms with Crippen LogP contribution in [0.2, 0.25) is 0 Å². The van der Waals surface area contributed by atoms with Crippen LogP contribution in [0.3, 0.4) is 0 Å². The number of halogens is 1. The molecule has 0 amide bonds.